The minimum atomic E-state index is -0.139. The molecule has 1 fully saturated rings. The fourth-order valence-corrected chi connectivity index (χ4v) is 6.29. The van der Waals surface area contributed by atoms with Gasteiger partial charge in [-0.3, -0.25) is 9.78 Å². The van der Waals surface area contributed by atoms with Gasteiger partial charge in [-0.2, -0.15) is 0 Å². The number of nitrogens with one attached hydrogen (secondary N) is 1. The van der Waals surface area contributed by atoms with E-state index in [-0.39, 0.29) is 17.7 Å². The number of carbonyl (C=O) groups excluding carboxylic acids is 1. The summed E-state index contributed by atoms with van der Waals surface area (Å²) in [5.41, 5.74) is 7.10. The van der Waals surface area contributed by atoms with Gasteiger partial charge in [-0.1, -0.05) is 65.7 Å². The number of anilines is 1. The number of hydrogen-bond acceptors (Lipinski definition) is 3. The Hall–Kier alpha value is -2.92. The molecule has 1 atom stereocenters. The van der Waals surface area contributed by atoms with E-state index in [4.69, 9.17) is 32.9 Å². The van der Waals surface area contributed by atoms with Crippen LogP contribution in [0.2, 0.25) is 10.0 Å². The van der Waals surface area contributed by atoms with Crippen LogP contribution in [0.25, 0.3) is 22.0 Å². The summed E-state index contributed by atoms with van der Waals surface area (Å²) in [6.45, 7) is 1.42. The van der Waals surface area contributed by atoms with Crippen molar-refractivity contribution in [2.45, 2.75) is 37.5 Å². The Morgan fingerprint density at radius 2 is 1.72 bits per heavy atom. The van der Waals surface area contributed by atoms with E-state index in [1.165, 1.54) is 5.56 Å². The molecule has 1 aliphatic carbocycles. The third kappa shape index (κ3) is 4.39. The van der Waals surface area contributed by atoms with Crippen molar-refractivity contribution in [3.05, 3.63) is 93.6 Å². The van der Waals surface area contributed by atoms with Gasteiger partial charge >= 0.3 is 0 Å². The number of carbonyl (C=O) groups is 1. The van der Waals surface area contributed by atoms with Gasteiger partial charge in [0, 0.05) is 34.2 Å². The lowest BCUT2D eigenvalue weighted by Crippen LogP contribution is -2.22. The number of pyridine rings is 1. The molecule has 0 spiro atoms. The number of fused-ring (bicyclic) bond motifs is 2. The van der Waals surface area contributed by atoms with Crippen LogP contribution in [-0.2, 0) is 16.0 Å². The van der Waals surface area contributed by atoms with Crippen LogP contribution in [0.5, 0.6) is 0 Å². The number of rotatable bonds is 4. The first-order valence-electron chi connectivity index (χ1n) is 12.4. The maximum Gasteiger partial charge on any atom is 0.231 e. The molecule has 6 rings (SSSR count). The lowest BCUT2D eigenvalue weighted by Gasteiger charge is -2.27. The predicted octanol–water partition coefficient (Wildman–Crippen LogP) is 7.77. The highest BCUT2D eigenvalue weighted by molar-refractivity contribution is 6.35. The first-order chi connectivity index (χ1) is 17.6. The van der Waals surface area contributed by atoms with Gasteiger partial charge in [-0.15, -0.1) is 0 Å². The Bertz CT molecular complexity index is 1440. The molecule has 2 aliphatic rings. The van der Waals surface area contributed by atoms with Gasteiger partial charge in [0.05, 0.1) is 23.3 Å². The van der Waals surface area contributed by atoms with Gasteiger partial charge in [0.2, 0.25) is 5.91 Å². The monoisotopic (exact) mass is 516 g/mol. The molecule has 2 heterocycles. The van der Waals surface area contributed by atoms with Gasteiger partial charge in [0.15, 0.2) is 0 Å². The van der Waals surface area contributed by atoms with Crippen LogP contribution >= 0.6 is 23.2 Å². The molecule has 0 radical (unpaired) electrons. The molecule has 36 heavy (non-hydrogen) atoms. The van der Waals surface area contributed by atoms with Crippen LogP contribution in [0.1, 0.15) is 47.8 Å². The average molecular weight is 517 g/mol. The maximum atomic E-state index is 13.5. The van der Waals surface area contributed by atoms with Crippen molar-refractivity contribution in [3.8, 4) is 11.1 Å². The number of halogens is 2. The van der Waals surface area contributed by atoms with Gasteiger partial charge in [-0.05, 0) is 72.1 Å². The fourth-order valence-electron chi connectivity index (χ4n) is 5.76. The number of aryl methyl sites for hydroxylation is 1. The second-order valence-corrected chi connectivity index (χ2v) is 10.5. The molecule has 0 unspecified atom stereocenters. The summed E-state index contributed by atoms with van der Waals surface area (Å²) in [5, 5.41) is 5.48. The van der Waals surface area contributed by atoms with Crippen LogP contribution in [0.4, 0.5) is 5.69 Å². The summed E-state index contributed by atoms with van der Waals surface area (Å²) >= 11 is 12.6. The predicted molar refractivity (Wildman–Crippen MR) is 146 cm³/mol. The topological polar surface area (TPSA) is 51.2 Å². The fraction of sp³-hybridized carbons (Fsp3) is 0.267. The smallest absolute Gasteiger partial charge is 0.231 e. The van der Waals surface area contributed by atoms with Crippen molar-refractivity contribution >= 4 is 45.7 Å². The molecule has 0 bridgehead atoms. The van der Waals surface area contributed by atoms with Crippen LogP contribution in [0.15, 0.2) is 66.9 Å². The lowest BCUT2D eigenvalue weighted by molar-refractivity contribution is -0.117. The molecule has 6 heteroatoms. The van der Waals surface area contributed by atoms with Crippen molar-refractivity contribution in [1.82, 2.24) is 4.98 Å². The third-order valence-electron chi connectivity index (χ3n) is 7.45. The van der Waals surface area contributed by atoms with Gasteiger partial charge < -0.3 is 10.1 Å². The summed E-state index contributed by atoms with van der Waals surface area (Å²) in [6, 6.07) is 20.0. The number of benzene rings is 3. The van der Waals surface area contributed by atoms with Crippen molar-refractivity contribution in [3.63, 3.8) is 0 Å². The van der Waals surface area contributed by atoms with Crippen molar-refractivity contribution in [1.29, 1.82) is 0 Å². The zero-order chi connectivity index (χ0) is 24.6. The SMILES string of the molecule is O=C(Nc1cnc2c(-c3cc(Cl)cc(Cl)c3)cccc2c1C1CCOCC1)[C@H]1CCc2ccccc21. The first-order valence-corrected chi connectivity index (χ1v) is 13.2. The zero-order valence-electron chi connectivity index (χ0n) is 19.8. The average Bonchev–Trinajstić information content (AvgIpc) is 3.32. The van der Waals surface area contributed by atoms with Crippen LogP contribution in [0.3, 0.4) is 0 Å². The molecule has 0 saturated carbocycles. The second kappa shape index (κ2) is 9.85. The van der Waals surface area contributed by atoms with Gasteiger partial charge in [0.25, 0.3) is 0 Å². The van der Waals surface area contributed by atoms with E-state index in [1.54, 1.807) is 6.07 Å². The Morgan fingerprint density at radius 3 is 2.53 bits per heavy atom. The van der Waals surface area contributed by atoms with Crippen molar-refractivity contribution in [2.24, 2.45) is 0 Å². The van der Waals surface area contributed by atoms with Gasteiger partial charge in [0.1, 0.15) is 0 Å². The summed E-state index contributed by atoms with van der Waals surface area (Å²) < 4.78 is 5.66. The van der Waals surface area contributed by atoms with Crippen LogP contribution in [-0.4, -0.2) is 24.1 Å². The molecule has 1 amide bonds. The Balaban J connectivity index is 1.45. The minimum Gasteiger partial charge on any atom is -0.381 e. The molecule has 1 aromatic heterocycles. The third-order valence-corrected chi connectivity index (χ3v) is 7.89. The standard InChI is InChI=1S/C30H26Cl2N2O2/c31-21-14-20(15-22(32)16-21)24-6-3-7-26-28(19-10-12-36-13-11-19)27(17-33-29(24)26)34-30(35)25-9-8-18-4-1-2-5-23(18)25/h1-7,14-17,19,25H,8-13H2,(H,34,35)/t25-/m0/s1. The molecular weight excluding hydrogens is 491 g/mol. The molecule has 3 aromatic carbocycles. The van der Waals surface area contributed by atoms with Crippen LogP contribution in [0, 0.1) is 0 Å². The highest BCUT2D eigenvalue weighted by Crippen LogP contribution is 2.41. The maximum absolute atomic E-state index is 13.5. The van der Waals surface area contributed by atoms with E-state index in [0.29, 0.717) is 23.3 Å². The first kappa shape index (κ1) is 23.5. The summed E-state index contributed by atoms with van der Waals surface area (Å²) in [6.07, 6.45) is 5.39. The number of para-hydroxylation sites is 1. The van der Waals surface area contributed by atoms with Crippen molar-refractivity contribution < 1.29 is 9.53 Å². The minimum absolute atomic E-state index is 0.0344. The molecule has 1 aliphatic heterocycles. The number of aromatic nitrogens is 1. The van der Waals surface area contributed by atoms with E-state index >= 15 is 0 Å². The number of amides is 1. The van der Waals surface area contributed by atoms with E-state index in [9.17, 15) is 4.79 Å². The molecule has 1 N–H and O–H groups in total. The zero-order valence-corrected chi connectivity index (χ0v) is 21.3. The van der Waals surface area contributed by atoms with Crippen molar-refractivity contribution in [2.75, 3.05) is 18.5 Å². The second-order valence-electron chi connectivity index (χ2n) is 9.61. The molecule has 182 valence electrons. The van der Waals surface area contributed by atoms with Gasteiger partial charge in [-0.25, -0.2) is 0 Å². The highest BCUT2D eigenvalue weighted by Gasteiger charge is 2.30. The quantitative estimate of drug-likeness (QED) is 0.301. The van der Waals surface area contributed by atoms with E-state index in [1.807, 2.05) is 42.6 Å². The largest absolute Gasteiger partial charge is 0.381 e. The Labute approximate surface area is 220 Å². The Kier molecular flexibility index (Phi) is 6.43. The molecule has 1 saturated heterocycles. The summed E-state index contributed by atoms with van der Waals surface area (Å²) in [4.78, 5) is 18.4. The van der Waals surface area contributed by atoms with E-state index < -0.39 is 0 Å². The summed E-state index contributed by atoms with van der Waals surface area (Å²) in [7, 11) is 0. The number of ether oxygens (including phenoxy) is 1. The Morgan fingerprint density at radius 1 is 0.944 bits per heavy atom. The molecule has 4 aromatic rings. The molecular formula is C30H26Cl2N2O2. The number of nitrogens with zero attached hydrogens (tertiary/aromatic N) is 1. The van der Waals surface area contributed by atoms with Crippen LogP contribution < -0.4 is 5.32 Å². The highest BCUT2D eigenvalue weighted by atomic mass is 35.5. The number of hydrogen-bond donors (Lipinski definition) is 1. The molecule has 4 nitrogen and oxygen atoms in total. The normalized spacial score (nSPS) is 17.8. The van der Waals surface area contributed by atoms with E-state index in [0.717, 1.165) is 64.5 Å². The van der Waals surface area contributed by atoms with E-state index in [2.05, 4.69) is 23.5 Å². The lowest BCUT2D eigenvalue weighted by atomic mass is 9.86. The summed E-state index contributed by atoms with van der Waals surface area (Å²) in [5.74, 6) is 0.167.